The van der Waals surface area contributed by atoms with Crippen LogP contribution in [0.3, 0.4) is 0 Å². The summed E-state index contributed by atoms with van der Waals surface area (Å²) < 4.78 is 11.3. The Morgan fingerprint density at radius 1 is 1.30 bits per heavy atom. The Balaban J connectivity index is 1.94. The summed E-state index contributed by atoms with van der Waals surface area (Å²) in [6.07, 6.45) is 6.39. The summed E-state index contributed by atoms with van der Waals surface area (Å²) in [5.74, 6) is 1.70. The van der Waals surface area contributed by atoms with Gasteiger partial charge in [-0.1, -0.05) is 18.5 Å². The third-order valence-electron chi connectivity index (χ3n) is 4.10. The molecule has 0 amide bonds. The monoisotopic (exact) mass is 281 g/mol. The average Bonchev–Trinajstić information content (AvgIpc) is 2.89. The van der Waals surface area contributed by atoms with E-state index in [1.54, 1.807) is 0 Å². The summed E-state index contributed by atoms with van der Waals surface area (Å²) in [6, 6.07) is 0.259. The highest BCUT2D eigenvalue weighted by atomic mass is 16.5. The number of nitrogens with zero attached hydrogens (tertiary/aromatic N) is 2. The summed E-state index contributed by atoms with van der Waals surface area (Å²) in [6.45, 7) is 7.01. The van der Waals surface area contributed by atoms with Gasteiger partial charge < -0.3 is 15.0 Å². The lowest BCUT2D eigenvalue weighted by Gasteiger charge is -2.30. The molecule has 1 aliphatic rings. The molecule has 114 valence electrons. The van der Waals surface area contributed by atoms with E-state index in [0.717, 1.165) is 51.0 Å². The predicted octanol–water partition coefficient (Wildman–Crippen LogP) is 3.11. The third-order valence-corrected chi connectivity index (χ3v) is 4.10. The fraction of sp³-hybridized carbons (Fsp3) is 0.867. The minimum atomic E-state index is -0.370. The molecule has 0 radical (unpaired) electrons. The molecule has 20 heavy (non-hydrogen) atoms. The maximum atomic E-state index is 5.86. The maximum absolute atomic E-state index is 5.86. The molecule has 5 heteroatoms. The molecule has 1 fully saturated rings. The number of aromatic nitrogens is 2. The van der Waals surface area contributed by atoms with E-state index in [2.05, 4.69) is 24.0 Å². The molecule has 0 saturated carbocycles. The number of ether oxygens (including phenoxy) is 1. The van der Waals surface area contributed by atoms with Crippen LogP contribution >= 0.6 is 0 Å². The summed E-state index contributed by atoms with van der Waals surface area (Å²) in [7, 11) is 0. The summed E-state index contributed by atoms with van der Waals surface area (Å²) in [4.78, 5) is 4.57. The molecule has 5 nitrogen and oxygen atoms in total. The summed E-state index contributed by atoms with van der Waals surface area (Å²) in [5, 5.41) is 4.14. The van der Waals surface area contributed by atoms with Gasteiger partial charge in [0, 0.05) is 18.6 Å². The van der Waals surface area contributed by atoms with Crippen LogP contribution in [0.1, 0.15) is 76.9 Å². The zero-order valence-corrected chi connectivity index (χ0v) is 12.9. The minimum Gasteiger partial charge on any atom is -0.367 e. The molecule has 2 rings (SSSR count). The normalized spacial score (nSPS) is 26.4. The molecule has 3 unspecified atom stereocenters. The van der Waals surface area contributed by atoms with E-state index in [-0.39, 0.29) is 17.6 Å². The number of hydrogen-bond donors (Lipinski definition) is 1. The molecular formula is C15H27N3O2. The quantitative estimate of drug-likeness (QED) is 0.867. The van der Waals surface area contributed by atoms with Crippen LogP contribution < -0.4 is 5.73 Å². The van der Waals surface area contributed by atoms with Crippen molar-refractivity contribution in [3.63, 3.8) is 0 Å². The second kappa shape index (κ2) is 6.68. The highest BCUT2D eigenvalue weighted by molar-refractivity contribution is 5.02. The number of hydrogen-bond acceptors (Lipinski definition) is 5. The van der Waals surface area contributed by atoms with E-state index in [4.69, 9.17) is 15.0 Å². The smallest absolute Gasteiger partial charge is 0.229 e. The van der Waals surface area contributed by atoms with Crippen molar-refractivity contribution >= 4 is 0 Å². The highest BCUT2D eigenvalue weighted by Crippen LogP contribution is 2.33. The number of rotatable bonds is 6. The third kappa shape index (κ3) is 3.79. The Hall–Kier alpha value is -0.940. The van der Waals surface area contributed by atoms with Crippen molar-refractivity contribution < 1.29 is 9.26 Å². The van der Waals surface area contributed by atoms with Gasteiger partial charge in [0.15, 0.2) is 0 Å². The lowest BCUT2D eigenvalue weighted by atomic mass is 9.95. The van der Waals surface area contributed by atoms with Crippen molar-refractivity contribution in [1.82, 2.24) is 10.1 Å². The summed E-state index contributed by atoms with van der Waals surface area (Å²) in [5.41, 5.74) is 5.40. The highest BCUT2D eigenvalue weighted by Gasteiger charge is 2.35. The van der Waals surface area contributed by atoms with Crippen molar-refractivity contribution in [3.05, 3.63) is 11.7 Å². The first-order valence-electron chi connectivity index (χ1n) is 7.75. The lowest BCUT2D eigenvalue weighted by Crippen LogP contribution is -2.31. The largest absolute Gasteiger partial charge is 0.367 e. The van der Waals surface area contributed by atoms with Gasteiger partial charge in [0.1, 0.15) is 5.60 Å². The first-order chi connectivity index (χ1) is 9.51. The van der Waals surface area contributed by atoms with Crippen molar-refractivity contribution in [2.24, 2.45) is 5.73 Å². The van der Waals surface area contributed by atoms with E-state index in [9.17, 15) is 0 Å². The first-order valence-corrected chi connectivity index (χ1v) is 7.75. The molecule has 1 saturated heterocycles. The molecular weight excluding hydrogens is 254 g/mol. The van der Waals surface area contributed by atoms with Gasteiger partial charge in [-0.3, -0.25) is 0 Å². The lowest BCUT2D eigenvalue weighted by molar-refractivity contribution is -0.0770. The molecule has 0 aliphatic carbocycles. The van der Waals surface area contributed by atoms with Crippen molar-refractivity contribution in [1.29, 1.82) is 0 Å². The van der Waals surface area contributed by atoms with Crippen LogP contribution in [0.15, 0.2) is 4.52 Å². The van der Waals surface area contributed by atoms with Crippen LogP contribution in [0.5, 0.6) is 0 Å². The Kier molecular flexibility index (Phi) is 5.16. The molecule has 1 aliphatic heterocycles. The van der Waals surface area contributed by atoms with Gasteiger partial charge in [-0.05, 0) is 46.0 Å². The SMILES string of the molecule is CC(N)CCCC(C)c1nc(C2(C)CCCCO2)no1. The van der Waals surface area contributed by atoms with Crippen LogP contribution in [-0.2, 0) is 10.3 Å². The summed E-state index contributed by atoms with van der Waals surface area (Å²) >= 11 is 0. The first kappa shape index (κ1) is 15.4. The second-order valence-electron chi connectivity index (χ2n) is 6.30. The Morgan fingerprint density at radius 2 is 2.10 bits per heavy atom. The van der Waals surface area contributed by atoms with Crippen molar-refractivity contribution in [2.45, 2.75) is 76.9 Å². The van der Waals surface area contributed by atoms with Crippen molar-refractivity contribution in [2.75, 3.05) is 6.61 Å². The predicted molar refractivity (Wildman–Crippen MR) is 77.4 cm³/mol. The average molecular weight is 281 g/mol. The van der Waals surface area contributed by atoms with Crippen LogP contribution in [-0.4, -0.2) is 22.8 Å². The standard InChI is InChI=1S/C15H27N3O2/c1-11(7-6-8-12(2)16)13-17-14(18-20-13)15(3)9-4-5-10-19-15/h11-12H,4-10,16H2,1-3H3. The van der Waals surface area contributed by atoms with Gasteiger partial charge in [0.05, 0.1) is 0 Å². The van der Waals surface area contributed by atoms with Gasteiger partial charge in [0.25, 0.3) is 0 Å². The van der Waals surface area contributed by atoms with E-state index in [0.29, 0.717) is 5.82 Å². The van der Waals surface area contributed by atoms with E-state index in [1.807, 2.05) is 6.92 Å². The molecule has 1 aromatic rings. The molecule has 0 bridgehead atoms. The minimum absolute atomic E-state index is 0.259. The van der Waals surface area contributed by atoms with Crippen LogP contribution in [0.4, 0.5) is 0 Å². The maximum Gasteiger partial charge on any atom is 0.229 e. The van der Waals surface area contributed by atoms with E-state index in [1.165, 1.54) is 0 Å². The van der Waals surface area contributed by atoms with Gasteiger partial charge in [0.2, 0.25) is 11.7 Å². The van der Waals surface area contributed by atoms with E-state index >= 15 is 0 Å². The fourth-order valence-corrected chi connectivity index (χ4v) is 2.63. The van der Waals surface area contributed by atoms with E-state index < -0.39 is 0 Å². The Bertz CT molecular complexity index is 411. The Morgan fingerprint density at radius 3 is 2.75 bits per heavy atom. The molecule has 2 N–H and O–H groups in total. The molecule has 1 aromatic heterocycles. The topological polar surface area (TPSA) is 74.2 Å². The van der Waals surface area contributed by atoms with Gasteiger partial charge in [-0.15, -0.1) is 0 Å². The second-order valence-corrected chi connectivity index (χ2v) is 6.30. The Labute approximate surface area is 121 Å². The zero-order valence-electron chi connectivity index (χ0n) is 12.9. The molecule has 0 spiro atoms. The van der Waals surface area contributed by atoms with Gasteiger partial charge in [-0.25, -0.2) is 0 Å². The number of nitrogens with two attached hydrogens (primary N) is 1. The molecule has 3 atom stereocenters. The van der Waals surface area contributed by atoms with Gasteiger partial charge >= 0.3 is 0 Å². The zero-order chi connectivity index (χ0) is 14.6. The molecule has 0 aromatic carbocycles. The molecule has 2 heterocycles. The van der Waals surface area contributed by atoms with Crippen LogP contribution in [0.2, 0.25) is 0 Å². The van der Waals surface area contributed by atoms with Crippen LogP contribution in [0, 0.1) is 0 Å². The van der Waals surface area contributed by atoms with Crippen molar-refractivity contribution in [3.8, 4) is 0 Å². The fourth-order valence-electron chi connectivity index (χ4n) is 2.63. The van der Waals surface area contributed by atoms with Gasteiger partial charge in [-0.2, -0.15) is 4.98 Å². The van der Waals surface area contributed by atoms with Crippen LogP contribution in [0.25, 0.3) is 0 Å².